The van der Waals surface area contributed by atoms with E-state index in [1.165, 1.54) is 14.0 Å². The van der Waals surface area contributed by atoms with Crippen LogP contribution in [0.2, 0.25) is 0 Å². The van der Waals surface area contributed by atoms with E-state index in [9.17, 15) is 4.79 Å². The highest BCUT2D eigenvalue weighted by Crippen LogP contribution is 2.38. The van der Waals surface area contributed by atoms with Crippen LogP contribution in [0.25, 0.3) is 0 Å². The minimum atomic E-state index is -0.396. The maximum atomic E-state index is 11.0. The molecular formula is C8H12O3. The van der Waals surface area contributed by atoms with Crippen LogP contribution < -0.4 is 0 Å². The van der Waals surface area contributed by atoms with E-state index in [1.54, 1.807) is 0 Å². The predicted octanol–water partition coefficient (Wildman–Crippen LogP) is 1.40. The molecule has 1 rings (SSSR count). The first-order valence-corrected chi connectivity index (χ1v) is 3.65. The van der Waals surface area contributed by atoms with Crippen molar-refractivity contribution < 1.29 is 14.6 Å². The number of hydrogen-bond donors (Lipinski definition) is 1. The molecule has 11 heavy (non-hydrogen) atoms. The number of aliphatic hydroxyl groups is 1. The molecule has 0 atom stereocenters. The summed E-state index contributed by atoms with van der Waals surface area (Å²) < 4.78 is 4.52. The Labute approximate surface area is 65.7 Å². The highest BCUT2D eigenvalue weighted by molar-refractivity contribution is 5.89. The second-order valence-electron chi connectivity index (χ2n) is 2.76. The number of aliphatic hydroxyl groups excluding tert-OH is 1. The average Bonchev–Trinajstić information content (AvgIpc) is 2.71. The highest BCUT2D eigenvalue weighted by Gasteiger charge is 2.32. The van der Waals surface area contributed by atoms with Crippen LogP contribution in [0.1, 0.15) is 19.8 Å². The van der Waals surface area contributed by atoms with E-state index in [4.69, 9.17) is 5.11 Å². The minimum absolute atomic E-state index is 0.0966. The van der Waals surface area contributed by atoms with E-state index in [0.717, 1.165) is 12.8 Å². The lowest BCUT2D eigenvalue weighted by Crippen LogP contribution is -2.08. The lowest BCUT2D eigenvalue weighted by molar-refractivity contribution is -0.136. The molecule has 1 aliphatic rings. The van der Waals surface area contributed by atoms with Crippen molar-refractivity contribution in [3.63, 3.8) is 0 Å². The zero-order valence-corrected chi connectivity index (χ0v) is 6.76. The molecule has 0 spiro atoms. The van der Waals surface area contributed by atoms with E-state index >= 15 is 0 Å². The molecule has 0 aliphatic heterocycles. The van der Waals surface area contributed by atoms with Crippen LogP contribution in [-0.4, -0.2) is 18.2 Å². The number of hydrogen-bond acceptors (Lipinski definition) is 3. The van der Waals surface area contributed by atoms with Gasteiger partial charge in [0.1, 0.15) is 0 Å². The summed E-state index contributed by atoms with van der Waals surface area (Å²) in [6, 6.07) is 0. The van der Waals surface area contributed by atoms with Crippen LogP contribution in [-0.2, 0) is 9.53 Å². The van der Waals surface area contributed by atoms with Gasteiger partial charge in [0.05, 0.1) is 18.4 Å². The van der Waals surface area contributed by atoms with E-state index in [0.29, 0.717) is 5.57 Å². The molecule has 0 amide bonds. The third-order valence-corrected chi connectivity index (χ3v) is 1.78. The molecule has 0 radical (unpaired) electrons. The summed E-state index contributed by atoms with van der Waals surface area (Å²) in [6.07, 6.45) is 1.98. The molecule has 3 nitrogen and oxygen atoms in total. The van der Waals surface area contributed by atoms with Crippen LogP contribution >= 0.6 is 0 Å². The van der Waals surface area contributed by atoms with Gasteiger partial charge in [-0.3, -0.25) is 0 Å². The lowest BCUT2D eigenvalue weighted by atomic mass is 10.1. The topological polar surface area (TPSA) is 46.5 Å². The van der Waals surface area contributed by atoms with E-state index in [1.807, 2.05) is 0 Å². The van der Waals surface area contributed by atoms with Crippen LogP contribution in [0.4, 0.5) is 0 Å². The fraction of sp³-hybridized carbons (Fsp3) is 0.625. The van der Waals surface area contributed by atoms with Crippen LogP contribution in [0.5, 0.6) is 0 Å². The van der Waals surface area contributed by atoms with Crippen molar-refractivity contribution in [2.75, 3.05) is 7.11 Å². The van der Waals surface area contributed by atoms with Crippen molar-refractivity contribution in [3.05, 3.63) is 11.3 Å². The monoisotopic (exact) mass is 156 g/mol. The minimum Gasteiger partial charge on any atom is -0.512 e. The van der Waals surface area contributed by atoms with Crippen molar-refractivity contribution in [1.82, 2.24) is 0 Å². The number of carbonyl (C=O) groups is 1. The summed E-state index contributed by atoms with van der Waals surface area (Å²) >= 11 is 0. The lowest BCUT2D eigenvalue weighted by Gasteiger charge is -2.03. The zero-order chi connectivity index (χ0) is 8.43. The number of methoxy groups -OCH3 is 1. The SMILES string of the molecule is COC(=O)C(=C(C)O)C1CC1. The normalized spacial score (nSPS) is 19.1. The highest BCUT2D eigenvalue weighted by atomic mass is 16.5. The largest absolute Gasteiger partial charge is 0.512 e. The summed E-state index contributed by atoms with van der Waals surface area (Å²) in [5, 5.41) is 9.10. The average molecular weight is 156 g/mol. The number of ether oxygens (including phenoxy) is 1. The molecule has 1 aliphatic carbocycles. The second kappa shape index (κ2) is 2.95. The molecule has 1 N–H and O–H groups in total. The molecular weight excluding hydrogens is 144 g/mol. The van der Waals surface area contributed by atoms with Crippen molar-refractivity contribution in [3.8, 4) is 0 Å². The Bertz CT molecular complexity index is 197. The summed E-state index contributed by atoms with van der Waals surface area (Å²) in [7, 11) is 1.33. The molecule has 62 valence electrons. The summed E-state index contributed by atoms with van der Waals surface area (Å²) in [5.74, 6) is -0.0562. The first-order chi connectivity index (χ1) is 5.16. The van der Waals surface area contributed by atoms with Gasteiger partial charge in [-0.25, -0.2) is 4.79 Å². The quantitative estimate of drug-likeness (QED) is 0.373. The van der Waals surface area contributed by atoms with Gasteiger partial charge in [0.25, 0.3) is 0 Å². The van der Waals surface area contributed by atoms with Crippen LogP contribution in [0, 0.1) is 5.92 Å². The van der Waals surface area contributed by atoms with E-state index in [-0.39, 0.29) is 11.7 Å². The Kier molecular flexibility index (Phi) is 2.17. The van der Waals surface area contributed by atoms with Gasteiger partial charge in [-0.2, -0.15) is 0 Å². The molecule has 1 saturated carbocycles. The van der Waals surface area contributed by atoms with Gasteiger partial charge in [0, 0.05) is 0 Å². The fourth-order valence-electron chi connectivity index (χ4n) is 1.09. The standard InChI is InChI=1S/C8H12O3/c1-5(9)7(6-3-4-6)8(10)11-2/h6,9H,3-4H2,1-2H3. The van der Waals surface area contributed by atoms with Crippen molar-refractivity contribution in [1.29, 1.82) is 0 Å². The number of carbonyl (C=O) groups excluding carboxylic acids is 1. The van der Waals surface area contributed by atoms with Crippen LogP contribution in [0.3, 0.4) is 0 Å². The Morgan fingerprint density at radius 3 is 2.36 bits per heavy atom. The first-order valence-electron chi connectivity index (χ1n) is 3.65. The van der Waals surface area contributed by atoms with Crippen LogP contribution in [0.15, 0.2) is 11.3 Å². The molecule has 0 heterocycles. The number of esters is 1. The first kappa shape index (κ1) is 8.11. The molecule has 0 aromatic heterocycles. The Hall–Kier alpha value is -0.990. The summed E-state index contributed by atoms with van der Waals surface area (Å²) in [5.41, 5.74) is 0.451. The number of rotatable bonds is 2. The molecule has 0 bridgehead atoms. The fourth-order valence-corrected chi connectivity index (χ4v) is 1.09. The molecule has 0 aromatic rings. The summed E-state index contributed by atoms with van der Waals surface area (Å²) in [4.78, 5) is 11.0. The maximum Gasteiger partial charge on any atom is 0.337 e. The van der Waals surface area contributed by atoms with Gasteiger partial charge < -0.3 is 9.84 Å². The van der Waals surface area contributed by atoms with Crippen molar-refractivity contribution >= 4 is 5.97 Å². The van der Waals surface area contributed by atoms with Crippen molar-refractivity contribution in [2.45, 2.75) is 19.8 Å². The van der Waals surface area contributed by atoms with E-state index in [2.05, 4.69) is 4.74 Å². The van der Waals surface area contributed by atoms with Gasteiger partial charge >= 0.3 is 5.97 Å². The van der Waals surface area contributed by atoms with Crippen molar-refractivity contribution in [2.24, 2.45) is 5.92 Å². The Morgan fingerprint density at radius 2 is 2.09 bits per heavy atom. The zero-order valence-electron chi connectivity index (χ0n) is 6.76. The Balaban J connectivity index is 2.75. The van der Waals surface area contributed by atoms with Gasteiger partial charge in [-0.15, -0.1) is 0 Å². The van der Waals surface area contributed by atoms with Gasteiger partial charge in [-0.1, -0.05) is 0 Å². The molecule has 0 aromatic carbocycles. The smallest absolute Gasteiger partial charge is 0.337 e. The summed E-state index contributed by atoms with van der Waals surface area (Å²) in [6.45, 7) is 1.52. The maximum absolute atomic E-state index is 11.0. The molecule has 3 heteroatoms. The predicted molar refractivity (Wildman–Crippen MR) is 40.1 cm³/mol. The number of allylic oxidation sites excluding steroid dienone is 1. The van der Waals surface area contributed by atoms with Gasteiger partial charge in [0.15, 0.2) is 0 Å². The third-order valence-electron chi connectivity index (χ3n) is 1.78. The third kappa shape index (κ3) is 1.73. The van der Waals surface area contributed by atoms with Gasteiger partial charge in [-0.05, 0) is 25.7 Å². The Morgan fingerprint density at radius 1 is 1.55 bits per heavy atom. The molecule has 0 saturated heterocycles. The molecule has 0 unspecified atom stereocenters. The molecule has 1 fully saturated rings. The van der Waals surface area contributed by atoms with E-state index < -0.39 is 5.97 Å². The second-order valence-corrected chi connectivity index (χ2v) is 2.76. The van der Waals surface area contributed by atoms with Gasteiger partial charge in [0.2, 0.25) is 0 Å².